The Hall–Kier alpha value is -1.69. The van der Waals surface area contributed by atoms with Crippen molar-refractivity contribution in [1.29, 1.82) is 0 Å². The monoisotopic (exact) mass is 340 g/mol. The van der Waals surface area contributed by atoms with Crippen LogP contribution < -0.4 is 5.32 Å². The molecule has 0 saturated carbocycles. The molecule has 0 amide bonds. The van der Waals surface area contributed by atoms with Crippen LogP contribution in [0.5, 0.6) is 0 Å². The first-order valence-electron chi connectivity index (χ1n) is 9.52. The summed E-state index contributed by atoms with van der Waals surface area (Å²) in [5.74, 6) is 2.52. The minimum absolute atomic E-state index is 0.811. The molecule has 1 atom stereocenters. The largest absolute Gasteiger partial charge is 0.439 e. The number of hydrogen-bond acceptors (Lipinski definition) is 5. The van der Waals surface area contributed by atoms with Crippen molar-refractivity contribution >= 4 is 0 Å². The predicted octanol–water partition coefficient (Wildman–Crippen LogP) is 2.46. The number of aromatic nitrogens is 1. The zero-order valence-corrected chi connectivity index (χ0v) is 14.9. The third kappa shape index (κ3) is 4.48. The molecule has 134 valence electrons. The topological polar surface area (TPSA) is 44.5 Å². The maximum Gasteiger partial charge on any atom is 0.209 e. The number of nitrogens with zero attached hydrogens (tertiary/aromatic N) is 3. The maximum atomic E-state index is 5.95. The Bertz CT molecular complexity index is 643. The molecule has 2 saturated heterocycles. The summed E-state index contributed by atoms with van der Waals surface area (Å²) in [6, 6.07) is 10.2. The van der Waals surface area contributed by atoms with Crippen molar-refractivity contribution in [3.05, 3.63) is 42.4 Å². The standard InChI is InChI=1S/C20H28N4O/c1-2-6-18(7-3-1)19-14-22-20(25-19)16-24-11-9-23(10-12-24)15-17-5-4-8-21-13-17/h1-3,6-7,14,17,21H,4-5,8-13,15-16H2. The van der Waals surface area contributed by atoms with Gasteiger partial charge in [-0.05, 0) is 31.8 Å². The smallest absolute Gasteiger partial charge is 0.209 e. The van der Waals surface area contributed by atoms with Crippen LogP contribution >= 0.6 is 0 Å². The van der Waals surface area contributed by atoms with Crippen molar-refractivity contribution in [1.82, 2.24) is 20.1 Å². The molecule has 3 heterocycles. The van der Waals surface area contributed by atoms with E-state index >= 15 is 0 Å². The first-order chi connectivity index (χ1) is 12.4. The number of benzene rings is 1. The van der Waals surface area contributed by atoms with Crippen LogP contribution in [0.2, 0.25) is 0 Å². The molecule has 0 radical (unpaired) electrons. The van der Waals surface area contributed by atoms with Gasteiger partial charge in [0.1, 0.15) is 0 Å². The van der Waals surface area contributed by atoms with E-state index in [-0.39, 0.29) is 0 Å². The van der Waals surface area contributed by atoms with Crippen molar-refractivity contribution in [2.75, 3.05) is 45.8 Å². The summed E-state index contributed by atoms with van der Waals surface area (Å²) in [5, 5.41) is 3.52. The van der Waals surface area contributed by atoms with E-state index < -0.39 is 0 Å². The predicted molar refractivity (Wildman–Crippen MR) is 99.2 cm³/mol. The summed E-state index contributed by atoms with van der Waals surface area (Å²) in [5.41, 5.74) is 1.09. The first-order valence-corrected chi connectivity index (χ1v) is 9.52. The number of nitrogens with one attached hydrogen (secondary N) is 1. The van der Waals surface area contributed by atoms with Gasteiger partial charge in [0.2, 0.25) is 5.89 Å². The van der Waals surface area contributed by atoms with Crippen LogP contribution in [0.15, 0.2) is 40.9 Å². The van der Waals surface area contributed by atoms with E-state index in [1.165, 1.54) is 32.5 Å². The van der Waals surface area contributed by atoms with Gasteiger partial charge in [0.15, 0.2) is 5.76 Å². The number of piperidine rings is 1. The molecule has 1 aromatic heterocycles. The molecule has 5 heteroatoms. The van der Waals surface area contributed by atoms with E-state index in [4.69, 9.17) is 4.42 Å². The minimum Gasteiger partial charge on any atom is -0.439 e. The van der Waals surface area contributed by atoms with Gasteiger partial charge in [-0.2, -0.15) is 0 Å². The van der Waals surface area contributed by atoms with Crippen LogP contribution in [0.25, 0.3) is 11.3 Å². The van der Waals surface area contributed by atoms with Gasteiger partial charge in [-0.15, -0.1) is 0 Å². The average Bonchev–Trinajstić information content (AvgIpc) is 3.14. The lowest BCUT2D eigenvalue weighted by Gasteiger charge is -2.36. The molecule has 1 N–H and O–H groups in total. The number of piperazine rings is 1. The Morgan fingerprint density at radius 1 is 1.08 bits per heavy atom. The fourth-order valence-corrected chi connectivity index (χ4v) is 3.89. The second-order valence-electron chi connectivity index (χ2n) is 7.27. The van der Waals surface area contributed by atoms with Gasteiger partial charge < -0.3 is 14.6 Å². The highest BCUT2D eigenvalue weighted by atomic mass is 16.4. The summed E-state index contributed by atoms with van der Waals surface area (Å²) < 4.78 is 5.95. The summed E-state index contributed by atoms with van der Waals surface area (Å²) in [4.78, 5) is 9.55. The highest BCUT2D eigenvalue weighted by Crippen LogP contribution is 2.21. The van der Waals surface area contributed by atoms with Gasteiger partial charge >= 0.3 is 0 Å². The molecule has 2 aliphatic heterocycles. The fraction of sp³-hybridized carbons (Fsp3) is 0.550. The zero-order chi connectivity index (χ0) is 16.9. The summed E-state index contributed by atoms with van der Waals surface area (Å²) in [6.07, 6.45) is 4.56. The lowest BCUT2D eigenvalue weighted by molar-refractivity contribution is 0.102. The summed E-state index contributed by atoms with van der Waals surface area (Å²) >= 11 is 0. The summed E-state index contributed by atoms with van der Waals surface area (Å²) in [7, 11) is 0. The van der Waals surface area contributed by atoms with Gasteiger partial charge in [0, 0.05) is 38.3 Å². The zero-order valence-electron chi connectivity index (χ0n) is 14.9. The van der Waals surface area contributed by atoms with Crippen LogP contribution in [0.4, 0.5) is 0 Å². The van der Waals surface area contributed by atoms with E-state index in [9.17, 15) is 0 Å². The quantitative estimate of drug-likeness (QED) is 0.906. The molecule has 0 spiro atoms. The lowest BCUT2D eigenvalue weighted by atomic mass is 9.99. The second kappa shape index (κ2) is 8.13. The highest BCUT2D eigenvalue weighted by molar-refractivity contribution is 5.55. The number of rotatable bonds is 5. The van der Waals surface area contributed by atoms with E-state index in [0.29, 0.717) is 0 Å². The normalized spacial score (nSPS) is 23.0. The van der Waals surface area contributed by atoms with E-state index in [1.807, 2.05) is 24.4 Å². The lowest BCUT2D eigenvalue weighted by Crippen LogP contribution is -2.48. The Balaban J connectivity index is 1.25. The third-order valence-corrected chi connectivity index (χ3v) is 5.35. The summed E-state index contributed by atoms with van der Waals surface area (Å²) in [6.45, 7) is 8.96. The molecule has 1 aromatic carbocycles. The SMILES string of the molecule is c1ccc(-c2cnc(CN3CCN(CC4CCCNC4)CC3)o2)cc1. The van der Waals surface area contributed by atoms with E-state index in [1.54, 1.807) is 0 Å². The molecular weight excluding hydrogens is 312 g/mol. The molecule has 2 fully saturated rings. The second-order valence-corrected chi connectivity index (χ2v) is 7.27. The molecule has 4 rings (SSSR count). The van der Waals surface area contributed by atoms with Crippen LogP contribution in [-0.4, -0.2) is 60.6 Å². The van der Waals surface area contributed by atoms with Gasteiger partial charge in [-0.25, -0.2) is 4.98 Å². The molecule has 25 heavy (non-hydrogen) atoms. The first kappa shape index (κ1) is 16.8. The average molecular weight is 340 g/mol. The van der Waals surface area contributed by atoms with Crippen LogP contribution in [0, 0.1) is 5.92 Å². The van der Waals surface area contributed by atoms with E-state index in [2.05, 4.69) is 32.2 Å². The van der Waals surface area contributed by atoms with Crippen molar-refractivity contribution < 1.29 is 4.42 Å². The maximum absolute atomic E-state index is 5.95. The molecule has 0 aliphatic carbocycles. The molecule has 2 aromatic rings. The third-order valence-electron chi connectivity index (χ3n) is 5.35. The molecule has 1 unspecified atom stereocenters. The van der Waals surface area contributed by atoms with Crippen LogP contribution in [-0.2, 0) is 6.54 Å². The Kier molecular flexibility index (Phi) is 5.45. The highest BCUT2D eigenvalue weighted by Gasteiger charge is 2.22. The van der Waals surface area contributed by atoms with Crippen LogP contribution in [0.3, 0.4) is 0 Å². The van der Waals surface area contributed by atoms with Gasteiger partial charge in [-0.3, -0.25) is 4.90 Å². The molecular formula is C20H28N4O. The van der Waals surface area contributed by atoms with Gasteiger partial charge in [-0.1, -0.05) is 30.3 Å². The van der Waals surface area contributed by atoms with Crippen LogP contribution in [0.1, 0.15) is 18.7 Å². The van der Waals surface area contributed by atoms with Crippen molar-refractivity contribution in [3.8, 4) is 11.3 Å². The fourth-order valence-electron chi connectivity index (χ4n) is 3.89. The van der Waals surface area contributed by atoms with E-state index in [0.717, 1.165) is 55.9 Å². The number of hydrogen-bond donors (Lipinski definition) is 1. The van der Waals surface area contributed by atoms with Crippen molar-refractivity contribution in [3.63, 3.8) is 0 Å². The van der Waals surface area contributed by atoms with Crippen molar-refractivity contribution in [2.45, 2.75) is 19.4 Å². The molecule has 5 nitrogen and oxygen atoms in total. The Morgan fingerprint density at radius 3 is 2.64 bits per heavy atom. The molecule has 0 bridgehead atoms. The van der Waals surface area contributed by atoms with Crippen molar-refractivity contribution in [2.24, 2.45) is 5.92 Å². The Labute approximate surface area is 150 Å². The number of oxazole rings is 1. The minimum atomic E-state index is 0.811. The molecule has 2 aliphatic rings. The van der Waals surface area contributed by atoms with Gasteiger partial charge in [0.05, 0.1) is 12.7 Å². The Morgan fingerprint density at radius 2 is 1.88 bits per heavy atom. The van der Waals surface area contributed by atoms with Gasteiger partial charge in [0.25, 0.3) is 0 Å².